The van der Waals surface area contributed by atoms with Gasteiger partial charge in [0.05, 0.1) is 0 Å². The molecule has 0 aromatic heterocycles. The van der Waals surface area contributed by atoms with Crippen LogP contribution in [0.2, 0.25) is 0 Å². The highest BCUT2D eigenvalue weighted by atomic mass is 16.5. The molecule has 0 amide bonds. The zero-order valence-electron chi connectivity index (χ0n) is 12.7. The largest absolute Gasteiger partial charge is 0.489 e. The first-order chi connectivity index (χ1) is 9.06. The summed E-state index contributed by atoms with van der Waals surface area (Å²) >= 11 is 0. The van der Waals surface area contributed by atoms with Crippen molar-refractivity contribution in [2.24, 2.45) is 5.41 Å². The maximum atomic E-state index is 6.26. The first-order valence-electron chi connectivity index (χ1n) is 7.55. The molecular weight excluding hydrogens is 234 g/mol. The third-order valence-corrected chi connectivity index (χ3v) is 4.31. The summed E-state index contributed by atoms with van der Waals surface area (Å²) in [6.45, 7) is 10.0. The van der Waals surface area contributed by atoms with E-state index in [9.17, 15) is 0 Å². The van der Waals surface area contributed by atoms with Gasteiger partial charge in [-0.15, -0.1) is 0 Å². The summed E-state index contributed by atoms with van der Waals surface area (Å²) in [6.07, 6.45) is 3.72. The van der Waals surface area contributed by atoms with E-state index in [1.807, 2.05) is 0 Å². The molecule has 1 aliphatic carbocycles. The maximum Gasteiger partial charge on any atom is 0.120 e. The van der Waals surface area contributed by atoms with Crippen LogP contribution in [0.25, 0.3) is 0 Å². The lowest BCUT2D eigenvalue weighted by Gasteiger charge is -2.31. The maximum absolute atomic E-state index is 6.26. The van der Waals surface area contributed by atoms with Crippen LogP contribution in [-0.2, 0) is 6.42 Å². The quantitative estimate of drug-likeness (QED) is 0.870. The van der Waals surface area contributed by atoms with Crippen molar-refractivity contribution in [2.75, 3.05) is 6.54 Å². The van der Waals surface area contributed by atoms with E-state index in [-0.39, 0.29) is 0 Å². The minimum atomic E-state index is 0.294. The molecular formula is C17H27NO. The third kappa shape index (κ3) is 3.30. The van der Waals surface area contributed by atoms with Crippen LogP contribution in [0.4, 0.5) is 0 Å². The van der Waals surface area contributed by atoms with Gasteiger partial charge in [0.2, 0.25) is 0 Å². The minimum Gasteiger partial charge on any atom is -0.489 e. The van der Waals surface area contributed by atoms with Crippen molar-refractivity contribution in [1.82, 2.24) is 5.32 Å². The van der Waals surface area contributed by atoms with Crippen LogP contribution in [0, 0.1) is 5.41 Å². The van der Waals surface area contributed by atoms with Gasteiger partial charge in [0.15, 0.2) is 0 Å². The van der Waals surface area contributed by atoms with Crippen molar-refractivity contribution in [2.45, 2.75) is 59.1 Å². The Kier molecular flexibility index (Phi) is 4.51. The monoisotopic (exact) mass is 261 g/mol. The lowest BCUT2D eigenvalue weighted by molar-refractivity contribution is 0.141. The van der Waals surface area contributed by atoms with E-state index in [4.69, 9.17) is 4.74 Å². The van der Waals surface area contributed by atoms with Crippen molar-refractivity contribution in [3.63, 3.8) is 0 Å². The van der Waals surface area contributed by atoms with E-state index < -0.39 is 0 Å². The van der Waals surface area contributed by atoms with E-state index in [1.165, 1.54) is 12.0 Å². The van der Waals surface area contributed by atoms with Gasteiger partial charge in [-0.2, -0.15) is 0 Å². The normalized spacial score (nSPS) is 25.5. The first-order valence-corrected chi connectivity index (χ1v) is 7.55. The number of rotatable bonds is 5. The van der Waals surface area contributed by atoms with Gasteiger partial charge in [0.25, 0.3) is 0 Å². The van der Waals surface area contributed by atoms with E-state index >= 15 is 0 Å². The summed E-state index contributed by atoms with van der Waals surface area (Å²) < 4.78 is 6.26. The van der Waals surface area contributed by atoms with Gasteiger partial charge in [-0.05, 0) is 48.9 Å². The average Bonchev–Trinajstić information content (AvgIpc) is 2.67. The zero-order valence-corrected chi connectivity index (χ0v) is 12.7. The fourth-order valence-corrected chi connectivity index (χ4v) is 3.11. The van der Waals surface area contributed by atoms with Gasteiger partial charge in [0, 0.05) is 6.04 Å². The van der Waals surface area contributed by atoms with Crippen LogP contribution in [0.3, 0.4) is 0 Å². The van der Waals surface area contributed by atoms with Gasteiger partial charge in [-0.3, -0.25) is 0 Å². The molecule has 19 heavy (non-hydrogen) atoms. The van der Waals surface area contributed by atoms with Gasteiger partial charge >= 0.3 is 0 Å². The molecule has 2 nitrogen and oxygen atoms in total. The molecule has 0 bridgehead atoms. The third-order valence-electron chi connectivity index (χ3n) is 4.31. The number of hydrogen-bond acceptors (Lipinski definition) is 2. The summed E-state index contributed by atoms with van der Waals surface area (Å²) in [5.74, 6) is 1.02. The van der Waals surface area contributed by atoms with Crippen molar-refractivity contribution in [3.8, 4) is 5.75 Å². The molecule has 0 heterocycles. The average molecular weight is 261 g/mol. The molecule has 1 aromatic carbocycles. The Hall–Kier alpha value is -1.02. The van der Waals surface area contributed by atoms with E-state index in [0.29, 0.717) is 17.6 Å². The summed E-state index contributed by atoms with van der Waals surface area (Å²) in [6, 6.07) is 8.95. The van der Waals surface area contributed by atoms with Crippen LogP contribution >= 0.6 is 0 Å². The number of benzene rings is 1. The second-order valence-electron chi connectivity index (χ2n) is 6.22. The molecule has 2 rings (SSSR count). The molecule has 1 N–H and O–H groups in total. The Balaban J connectivity index is 2.09. The molecule has 1 saturated carbocycles. The van der Waals surface area contributed by atoms with Gasteiger partial charge < -0.3 is 10.1 Å². The van der Waals surface area contributed by atoms with E-state index in [1.54, 1.807) is 0 Å². The fraction of sp³-hybridized carbons (Fsp3) is 0.647. The Morgan fingerprint density at radius 2 is 2.11 bits per heavy atom. The predicted molar refractivity (Wildman–Crippen MR) is 80.7 cm³/mol. The molecule has 1 aliphatic rings. The van der Waals surface area contributed by atoms with Crippen molar-refractivity contribution in [1.29, 1.82) is 0 Å². The molecule has 2 heteroatoms. The summed E-state index contributed by atoms with van der Waals surface area (Å²) in [4.78, 5) is 0. The molecule has 0 spiro atoms. The Bertz CT molecular complexity index is 413. The highest BCUT2D eigenvalue weighted by Gasteiger charge is 2.42. The number of ether oxygens (including phenoxy) is 1. The summed E-state index contributed by atoms with van der Waals surface area (Å²) in [7, 11) is 0. The topological polar surface area (TPSA) is 21.3 Å². The number of likely N-dealkylation sites (N-methyl/N-ethyl adjacent to an activating group) is 1. The number of hydrogen-bond donors (Lipinski definition) is 1. The van der Waals surface area contributed by atoms with Gasteiger partial charge in [-0.25, -0.2) is 0 Å². The molecule has 2 atom stereocenters. The zero-order chi connectivity index (χ0) is 13.9. The lowest BCUT2D eigenvalue weighted by Crippen LogP contribution is -2.46. The highest BCUT2D eigenvalue weighted by molar-refractivity contribution is 5.29. The minimum absolute atomic E-state index is 0.294. The first kappa shape index (κ1) is 14.4. The van der Waals surface area contributed by atoms with Crippen LogP contribution in [0.15, 0.2) is 24.3 Å². The predicted octanol–water partition coefficient (Wildman–Crippen LogP) is 3.79. The van der Waals surface area contributed by atoms with Crippen LogP contribution < -0.4 is 10.1 Å². The van der Waals surface area contributed by atoms with Crippen molar-refractivity contribution >= 4 is 0 Å². The van der Waals surface area contributed by atoms with Crippen molar-refractivity contribution < 1.29 is 4.74 Å². The second-order valence-corrected chi connectivity index (χ2v) is 6.22. The van der Waals surface area contributed by atoms with Gasteiger partial charge in [0.1, 0.15) is 11.9 Å². The standard InChI is InChI=1S/C17H27NO/c1-5-13-8-7-9-14(12-13)19-15-10-11-17(3,4)16(15)18-6-2/h7-9,12,15-16,18H,5-6,10-11H2,1-4H3. The lowest BCUT2D eigenvalue weighted by atomic mass is 9.87. The summed E-state index contributed by atoms with van der Waals surface area (Å²) in [5.41, 5.74) is 1.66. The SMILES string of the molecule is CCNC1C(Oc2cccc(CC)c2)CCC1(C)C. The molecule has 106 valence electrons. The summed E-state index contributed by atoms with van der Waals surface area (Å²) in [5, 5.41) is 3.61. The molecule has 1 aromatic rings. The molecule has 0 radical (unpaired) electrons. The van der Waals surface area contributed by atoms with E-state index in [2.05, 4.69) is 57.3 Å². The second kappa shape index (κ2) is 5.96. The number of aryl methyl sites for hydroxylation is 1. The molecule has 0 saturated heterocycles. The van der Waals surface area contributed by atoms with E-state index in [0.717, 1.165) is 25.1 Å². The van der Waals surface area contributed by atoms with Crippen LogP contribution in [-0.4, -0.2) is 18.7 Å². The molecule has 0 aliphatic heterocycles. The smallest absolute Gasteiger partial charge is 0.120 e. The fourth-order valence-electron chi connectivity index (χ4n) is 3.11. The number of nitrogens with one attached hydrogen (secondary N) is 1. The Labute approximate surface area is 117 Å². The molecule has 1 fully saturated rings. The Morgan fingerprint density at radius 1 is 1.32 bits per heavy atom. The van der Waals surface area contributed by atoms with Gasteiger partial charge in [-0.1, -0.05) is 39.8 Å². The van der Waals surface area contributed by atoms with Crippen LogP contribution in [0.5, 0.6) is 5.75 Å². The Morgan fingerprint density at radius 3 is 2.79 bits per heavy atom. The van der Waals surface area contributed by atoms with Crippen LogP contribution in [0.1, 0.15) is 46.1 Å². The highest BCUT2D eigenvalue weighted by Crippen LogP contribution is 2.39. The van der Waals surface area contributed by atoms with Crippen molar-refractivity contribution in [3.05, 3.63) is 29.8 Å². The molecule has 2 unspecified atom stereocenters.